The highest BCUT2D eigenvalue weighted by Crippen LogP contribution is 2.21. The van der Waals surface area contributed by atoms with Gasteiger partial charge in [0.25, 0.3) is 0 Å². The van der Waals surface area contributed by atoms with E-state index in [2.05, 4.69) is 34.6 Å². The number of rotatable bonds is 4. The topological polar surface area (TPSA) is 68.0 Å². The number of nitrogens with zero attached hydrogens (tertiary/aromatic N) is 1. The fourth-order valence-electron chi connectivity index (χ4n) is 2.80. The Bertz CT molecular complexity index is 638. The van der Waals surface area contributed by atoms with E-state index in [0.717, 1.165) is 25.0 Å². The summed E-state index contributed by atoms with van der Waals surface area (Å²) in [5, 5.41) is 5.62. The fraction of sp³-hybridized carbons (Fsp3) is 0.375. The lowest BCUT2D eigenvalue weighted by molar-refractivity contribution is -0.121. The van der Waals surface area contributed by atoms with Crippen LogP contribution in [0.4, 0.5) is 5.13 Å². The third kappa shape index (κ3) is 3.61. The summed E-state index contributed by atoms with van der Waals surface area (Å²) in [6.45, 7) is 0. The predicted octanol–water partition coefficient (Wildman–Crippen LogP) is 2.33. The average molecular weight is 301 g/mol. The number of amides is 1. The van der Waals surface area contributed by atoms with E-state index in [1.54, 1.807) is 0 Å². The van der Waals surface area contributed by atoms with Crippen molar-refractivity contribution in [1.29, 1.82) is 0 Å². The minimum atomic E-state index is 0.103. The van der Waals surface area contributed by atoms with Crippen LogP contribution in [0.1, 0.15) is 29.7 Å². The number of hydrogen-bond acceptors (Lipinski definition) is 4. The van der Waals surface area contributed by atoms with Crippen LogP contribution in [-0.4, -0.2) is 16.9 Å². The lowest BCUT2D eigenvalue weighted by Gasteiger charge is -2.25. The van der Waals surface area contributed by atoms with E-state index in [0.29, 0.717) is 18.0 Å². The zero-order valence-electron chi connectivity index (χ0n) is 11.8. The molecule has 21 heavy (non-hydrogen) atoms. The fourth-order valence-corrected chi connectivity index (χ4v) is 3.40. The zero-order chi connectivity index (χ0) is 14.7. The van der Waals surface area contributed by atoms with Crippen molar-refractivity contribution in [2.75, 3.05) is 5.73 Å². The summed E-state index contributed by atoms with van der Waals surface area (Å²) in [6, 6.07) is 8.74. The number of fused-ring (bicyclic) bond motifs is 1. The summed E-state index contributed by atoms with van der Waals surface area (Å²) in [6.07, 6.45) is 4.13. The normalized spacial score (nSPS) is 17.2. The van der Waals surface area contributed by atoms with Gasteiger partial charge in [-0.05, 0) is 36.8 Å². The molecule has 110 valence electrons. The summed E-state index contributed by atoms with van der Waals surface area (Å²) in [5.41, 5.74) is 9.27. The molecule has 1 aliphatic rings. The van der Waals surface area contributed by atoms with Crippen molar-refractivity contribution in [1.82, 2.24) is 10.3 Å². The molecule has 0 unspecified atom stereocenters. The quantitative estimate of drug-likeness (QED) is 0.910. The number of thiazole rings is 1. The van der Waals surface area contributed by atoms with Gasteiger partial charge in [0, 0.05) is 17.8 Å². The van der Waals surface area contributed by atoms with Gasteiger partial charge in [0.15, 0.2) is 5.13 Å². The molecule has 1 aliphatic carbocycles. The number of aromatic nitrogens is 1. The van der Waals surface area contributed by atoms with Gasteiger partial charge in [-0.15, -0.1) is 11.3 Å². The molecule has 2 aromatic rings. The van der Waals surface area contributed by atoms with Crippen molar-refractivity contribution in [2.24, 2.45) is 0 Å². The number of carbonyl (C=O) groups is 1. The molecule has 1 heterocycles. The number of aryl methyl sites for hydroxylation is 2. The first-order chi connectivity index (χ1) is 10.2. The van der Waals surface area contributed by atoms with E-state index in [1.807, 2.05) is 5.38 Å². The summed E-state index contributed by atoms with van der Waals surface area (Å²) in [5.74, 6) is 0.103. The third-order valence-electron chi connectivity index (χ3n) is 3.89. The second kappa shape index (κ2) is 6.26. The van der Waals surface area contributed by atoms with Gasteiger partial charge in [-0.1, -0.05) is 24.3 Å². The van der Waals surface area contributed by atoms with Crippen LogP contribution in [0, 0.1) is 0 Å². The van der Waals surface area contributed by atoms with Gasteiger partial charge in [0.2, 0.25) is 5.91 Å². The highest BCUT2D eigenvalue weighted by atomic mass is 32.1. The standard InChI is InChI=1S/C16H19N3OS/c17-16-19-14(10-21-16)7-8-15(20)18-13-6-5-11-3-1-2-4-12(11)9-13/h1-4,10,13H,5-9H2,(H2,17,19)(H,18,20)/t13-/m0/s1. The van der Waals surface area contributed by atoms with Crippen molar-refractivity contribution < 1.29 is 4.79 Å². The maximum absolute atomic E-state index is 12.0. The first-order valence-corrected chi connectivity index (χ1v) is 8.14. The van der Waals surface area contributed by atoms with Gasteiger partial charge in [-0.2, -0.15) is 0 Å². The Kier molecular flexibility index (Phi) is 4.20. The highest BCUT2D eigenvalue weighted by Gasteiger charge is 2.19. The van der Waals surface area contributed by atoms with Crippen molar-refractivity contribution >= 4 is 22.4 Å². The molecule has 3 N–H and O–H groups in total. The predicted molar refractivity (Wildman–Crippen MR) is 85.2 cm³/mol. The van der Waals surface area contributed by atoms with Crippen LogP contribution < -0.4 is 11.1 Å². The summed E-state index contributed by atoms with van der Waals surface area (Å²) >= 11 is 1.42. The minimum absolute atomic E-state index is 0.103. The van der Waals surface area contributed by atoms with E-state index in [9.17, 15) is 4.79 Å². The number of hydrogen-bond donors (Lipinski definition) is 2. The van der Waals surface area contributed by atoms with E-state index < -0.39 is 0 Å². The highest BCUT2D eigenvalue weighted by molar-refractivity contribution is 7.13. The molecule has 1 amide bonds. The molecule has 0 saturated carbocycles. The van der Waals surface area contributed by atoms with E-state index >= 15 is 0 Å². The van der Waals surface area contributed by atoms with Crippen molar-refractivity contribution in [3.8, 4) is 0 Å². The largest absolute Gasteiger partial charge is 0.375 e. The summed E-state index contributed by atoms with van der Waals surface area (Å²) in [7, 11) is 0. The van der Waals surface area contributed by atoms with Gasteiger partial charge in [-0.3, -0.25) is 4.79 Å². The van der Waals surface area contributed by atoms with Crippen LogP contribution in [0.5, 0.6) is 0 Å². The maximum atomic E-state index is 12.0. The SMILES string of the molecule is Nc1nc(CCC(=O)N[C@H]2CCc3ccccc3C2)cs1. The lowest BCUT2D eigenvalue weighted by Crippen LogP contribution is -2.38. The monoisotopic (exact) mass is 301 g/mol. The molecule has 0 spiro atoms. The number of nitrogen functional groups attached to an aromatic ring is 1. The first kappa shape index (κ1) is 14.1. The smallest absolute Gasteiger partial charge is 0.220 e. The van der Waals surface area contributed by atoms with Crippen molar-refractivity contribution in [2.45, 2.75) is 38.1 Å². The second-order valence-electron chi connectivity index (χ2n) is 5.45. The Morgan fingerprint density at radius 2 is 2.19 bits per heavy atom. The molecule has 1 aromatic heterocycles. The number of carbonyl (C=O) groups excluding carboxylic acids is 1. The number of nitrogens with two attached hydrogens (primary N) is 1. The Hall–Kier alpha value is -1.88. The van der Waals surface area contributed by atoms with Crippen molar-refractivity contribution in [3.63, 3.8) is 0 Å². The molecule has 0 fully saturated rings. The number of nitrogens with one attached hydrogen (secondary N) is 1. The van der Waals surface area contributed by atoms with Gasteiger partial charge in [0.05, 0.1) is 5.69 Å². The summed E-state index contributed by atoms with van der Waals surface area (Å²) in [4.78, 5) is 16.2. The van der Waals surface area contributed by atoms with Crippen LogP contribution in [-0.2, 0) is 24.1 Å². The van der Waals surface area contributed by atoms with Crippen molar-refractivity contribution in [3.05, 3.63) is 46.5 Å². The molecule has 1 atom stereocenters. The first-order valence-electron chi connectivity index (χ1n) is 7.27. The number of anilines is 1. The molecule has 1 aromatic carbocycles. The molecule has 5 heteroatoms. The Balaban J connectivity index is 1.50. The van der Waals surface area contributed by atoms with Crippen LogP contribution in [0.15, 0.2) is 29.6 Å². The molecule has 0 bridgehead atoms. The minimum Gasteiger partial charge on any atom is -0.375 e. The maximum Gasteiger partial charge on any atom is 0.220 e. The zero-order valence-corrected chi connectivity index (χ0v) is 12.7. The van der Waals surface area contributed by atoms with E-state index in [4.69, 9.17) is 5.73 Å². The van der Waals surface area contributed by atoms with E-state index in [-0.39, 0.29) is 11.9 Å². The molecular formula is C16H19N3OS. The second-order valence-corrected chi connectivity index (χ2v) is 6.34. The van der Waals surface area contributed by atoms with Crippen LogP contribution in [0.25, 0.3) is 0 Å². The molecule has 3 rings (SSSR count). The average Bonchev–Trinajstić information content (AvgIpc) is 2.91. The number of benzene rings is 1. The molecule has 0 radical (unpaired) electrons. The molecule has 0 saturated heterocycles. The van der Waals surface area contributed by atoms with Crippen LogP contribution >= 0.6 is 11.3 Å². The van der Waals surface area contributed by atoms with Crippen LogP contribution in [0.3, 0.4) is 0 Å². The summed E-state index contributed by atoms with van der Waals surface area (Å²) < 4.78 is 0. The Morgan fingerprint density at radius 1 is 1.38 bits per heavy atom. The molecule has 4 nitrogen and oxygen atoms in total. The Labute approximate surface area is 128 Å². The van der Waals surface area contributed by atoms with Gasteiger partial charge >= 0.3 is 0 Å². The van der Waals surface area contributed by atoms with Crippen LogP contribution in [0.2, 0.25) is 0 Å². The molecule has 0 aliphatic heterocycles. The molecular weight excluding hydrogens is 282 g/mol. The van der Waals surface area contributed by atoms with Gasteiger partial charge < -0.3 is 11.1 Å². The van der Waals surface area contributed by atoms with Gasteiger partial charge in [0.1, 0.15) is 0 Å². The lowest BCUT2D eigenvalue weighted by atomic mass is 9.88. The third-order valence-corrected chi connectivity index (χ3v) is 4.61. The van der Waals surface area contributed by atoms with Gasteiger partial charge in [-0.25, -0.2) is 4.98 Å². The Morgan fingerprint density at radius 3 is 2.95 bits per heavy atom. The van der Waals surface area contributed by atoms with E-state index in [1.165, 1.54) is 22.5 Å².